The number of carbonyl (C=O) groups excluding carboxylic acids is 1. The number of anilines is 2. The van der Waals surface area contributed by atoms with E-state index < -0.39 is 17.8 Å². The van der Waals surface area contributed by atoms with Crippen molar-refractivity contribution in [2.45, 2.75) is 52.7 Å². The number of rotatable bonds is 6. The van der Waals surface area contributed by atoms with Gasteiger partial charge in [-0.25, -0.2) is 24.5 Å². The van der Waals surface area contributed by atoms with Gasteiger partial charge < -0.3 is 24.8 Å². The Bertz CT molecular complexity index is 1650. The maximum atomic E-state index is 12.5. The third-order valence-corrected chi connectivity index (χ3v) is 7.01. The number of nitrogens with zero attached hydrogens (tertiary/aromatic N) is 4. The minimum atomic E-state index is -0.929. The number of aryl methyl sites for hydroxylation is 1. The maximum Gasteiger partial charge on any atom is 0.412 e. The van der Waals surface area contributed by atoms with E-state index in [0.29, 0.717) is 47.6 Å². The zero-order valence-electron chi connectivity index (χ0n) is 24.9. The number of pyridine rings is 1. The predicted octanol–water partition coefficient (Wildman–Crippen LogP) is 6.94. The van der Waals surface area contributed by atoms with Crippen molar-refractivity contribution in [1.29, 1.82) is 0 Å². The van der Waals surface area contributed by atoms with Crippen molar-refractivity contribution in [3.63, 3.8) is 0 Å². The minimum Gasteiger partial charge on any atom is -0.465 e. The lowest BCUT2D eigenvalue weighted by molar-refractivity contribution is 0.0636. The van der Waals surface area contributed by atoms with Gasteiger partial charge in [0.05, 0.1) is 16.9 Å². The minimum absolute atomic E-state index is 0.110. The van der Waals surface area contributed by atoms with Crippen molar-refractivity contribution < 1.29 is 24.2 Å². The van der Waals surface area contributed by atoms with E-state index in [1.807, 2.05) is 77.1 Å². The highest BCUT2D eigenvalue weighted by Crippen LogP contribution is 2.38. The molecule has 4 aromatic rings. The molecule has 11 heteroatoms. The van der Waals surface area contributed by atoms with Gasteiger partial charge in [-0.1, -0.05) is 31.2 Å². The molecule has 0 bridgehead atoms. The monoisotopic (exact) mass is 584 g/mol. The molecule has 2 aromatic carbocycles. The van der Waals surface area contributed by atoms with Crippen LogP contribution in [0.5, 0.6) is 11.6 Å². The van der Waals surface area contributed by atoms with Gasteiger partial charge in [0.15, 0.2) is 0 Å². The van der Waals surface area contributed by atoms with E-state index in [-0.39, 0.29) is 12.0 Å². The predicted molar refractivity (Wildman–Crippen MR) is 165 cm³/mol. The fraction of sp³-hybridized carbons (Fsp3) is 0.344. The molecule has 1 fully saturated rings. The molecule has 2 atom stereocenters. The summed E-state index contributed by atoms with van der Waals surface area (Å²) in [7, 11) is 0. The van der Waals surface area contributed by atoms with E-state index in [0.717, 1.165) is 22.8 Å². The molecule has 3 heterocycles. The average molecular weight is 585 g/mol. The van der Waals surface area contributed by atoms with Crippen LogP contribution in [0.1, 0.15) is 39.7 Å². The summed E-state index contributed by atoms with van der Waals surface area (Å²) in [5, 5.41) is 17.2. The molecule has 0 unspecified atom stereocenters. The Kier molecular flexibility index (Phi) is 8.33. The van der Waals surface area contributed by atoms with Gasteiger partial charge in [-0.05, 0) is 69.9 Å². The van der Waals surface area contributed by atoms with Gasteiger partial charge in [0.25, 0.3) is 0 Å². The highest BCUT2D eigenvalue weighted by molar-refractivity contribution is 6.03. The van der Waals surface area contributed by atoms with Crippen LogP contribution in [-0.2, 0) is 4.74 Å². The van der Waals surface area contributed by atoms with Gasteiger partial charge in [0, 0.05) is 42.3 Å². The number of hydrogen-bond donors (Lipinski definition) is 3. The summed E-state index contributed by atoms with van der Waals surface area (Å²) >= 11 is 0. The maximum absolute atomic E-state index is 12.5. The zero-order valence-corrected chi connectivity index (χ0v) is 24.9. The molecule has 1 aliphatic heterocycles. The van der Waals surface area contributed by atoms with Crippen molar-refractivity contribution in [2.24, 2.45) is 5.92 Å². The first-order valence-electron chi connectivity index (χ1n) is 14.2. The number of nitrogens with one attached hydrogen (secondary N) is 2. The molecule has 0 aliphatic carbocycles. The van der Waals surface area contributed by atoms with Crippen LogP contribution in [0.25, 0.3) is 22.0 Å². The number of carbonyl (C=O) groups is 2. The molecule has 2 amide bonds. The molecular weight excluding hydrogens is 548 g/mol. The van der Waals surface area contributed by atoms with Crippen LogP contribution in [0.4, 0.5) is 21.2 Å². The first kappa shape index (κ1) is 29.6. The fourth-order valence-electron chi connectivity index (χ4n) is 5.23. The standard InChI is InChI=1S/C32H36N6O5/c1-19-16-21(18-38(17-19)31(40)41)35-29-34-15-13-26(36-29)24-9-7-14-33-28(24)42-27-20(2)11-12-22-23(27)8-6-10-25(22)37-30(39)43-32(3,4)5/h6-15,19,21H,16-18H2,1-5H3,(H,37,39)(H,40,41)(H,34,35,36)/t19-,21+/m1/s1. The highest BCUT2D eigenvalue weighted by Gasteiger charge is 2.28. The van der Waals surface area contributed by atoms with Crippen LogP contribution >= 0.6 is 0 Å². The Morgan fingerprint density at radius 2 is 1.81 bits per heavy atom. The van der Waals surface area contributed by atoms with Crippen LogP contribution in [0, 0.1) is 12.8 Å². The van der Waals surface area contributed by atoms with Gasteiger partial charge in [-0.2, -0.15) is 0 Å². The first-order valence-corrected chi connectivity index (χ1v) is 14.2. The normalized spacial score (nSPS) is 16.9. The lowest BCUT2D eigenvalue weighted by Crippen LogP contribution is -2.47. The largest absolute Gasteiger partial charge is 0.465 e. The molecular formula is C32H36N6O5. The summed E-state index contributed by atoms with van der Waals surface area (Å²) in [6, 6.07) is 14.8. The summed E-state index contributed by atoms with van der Waals surface area (Å²) < 4.78 is 11.9. The van der Waals surface area contributed by atoms with Crippen LogP contribution in [0.15, 0.2) is 60.9 Å². The molecule has 1 saturated heterocycles. The van der Waals surface area contributed by atoms with E-state index >= 15 is 0 Å². The summed E-state index contributed by atoms with van der Waals surface area (Å²) in [5.74, 6) is 1.57. The van der Waals surface area contributed by atoms with Crippen molar-refractivity contribution in [1.82, 2.24) is 19.9 Å². The van der Waals surface area contributed by atoms with Crippen LogP contribution in [-0.4, -0.2) is 61.9 Å². The van der Waals surface area contributed by atoms with Crippen LogP contribution < -0.4 is 15.4 Å². The lowest BCUT2D eigenvalue weighted by Gasteiger charge is -2.35. The number of benzene rings is 2. The molecule has 2 aromatic heterocycles. The molecule has 5 rings (SSSR count). The second kappa shape index (κ2) is 12.1. The molecule has 11 nitrogen and oxygen atoms in total. The highest BCUT2D eigenvalue weighted by atomic mass is 16.6. The SMILES string of the molecule is Cc1ccc2c(NC(=O)OC(C)(C)C)cccc2c1Oc1ncccc1-c1ccnc(N[C@H]2C[C@@H](C)CN(C(=O)O)C2)n1. The van der Waals surface area contributed by atoms with Crippen molar-refractivity contribution in [3.8, 4) is 22.9 Å². The van der Waals surface area contributed by atoms with Crippen molar-refractivity contribution >= 4 is 34.6 Å². The Morgan fingerprint density at radius 3 is 2.58 bits per heavy atom. The molecule has 3 N–H and O–H groups in total. The average Bonchev–Trinajstić information content (AvgIpc) is 2.94. The Labute approximate surface area is 250 Å². The van der Waals surface area contributed by atoms with E-state index in [1.165, 1.54) is 4.90 Å². The molecule has 224 valence electrons. The number of ether oxygens (including phenoxy) is 2. The van der Waals surface area contributed by atoms with E-state index in [9.17, 15) is 14.7 Å². The number of aromatic nitrogens is 3. The smallest absolute Gasteiger partial charge is 0.412 e. The Hall–Kier alpha value is -4.93. The summed E-state index contributed by atoms with van der Waals surface area (Å²) in [6.45, 7) is 10.3. The number of carboxylic acid groups (broad SMARTS) is 1. The lowest BCUT2D eigenvalue weighted by atomic mass is 9.96. The van der Waals surface area contributed by atoms with Crippen LogP contribution in [0.3, 0.4) is 0 Å². The fourth-order valence-corrected chi connectivity index (χ4v) is 5.23. The molecule has 43 heavy (non-hydrogen) atoms. The number of piperidine rings is 1. The third-order valence-electron chi connectivity index (χ3n) is 7.01. The summed E-state index contributed by atoms with van der Waals surface area (Å²) in [6.07, 6.45) is 2.65. The van der Waals surface area contributed by atoms with Crippen molar-refractivity contribution in [3.05, 3.63) is 66.5 Å². The second-order valence-corrected chi connectivity index (χ2v) is 11.8. The van der Waals surface area contributed by atoms with Gasteiger partial charge in [-0.15, -0.1) is 0 Å². The number of likely N-dealkylation sites (tertiary alicyclic amines) is 1. The first-order chi connectivity index (χ1) is 20.5. The molecule has 0 spiro atoms. The Morgan fingerprint density at radius 1 is 1.00 bits per heavy atom. The van der Waals surface area contributed by atoms with Gasteiger partial charge >= 0.3 is 12.2 Å². The zero-order chi connectivity index (χ0) is 30.7. The molecule has 0 radical (unpaired) electrons. The van der Waals surface area contributed by atoms with Gasteiger partial charge in [0.2, 0.25) is 11.8 Å². The molecule has 1 aliphatic rings. The van der Waals surface area contributed by atoms with E-state index in [2.05, 4.69) is 20.6 Å². The Balaban J connectivity index is 1.43. The number of amides is 2. The second-order valence-electron chi connectivity index (χ2n) is 11.8. The summed E-state index contributed by atoms with van der Waals surface area (Å²) in [5.41, 5.74) is 2.13. The number of fused-ring (bicyclic) bond motifs is 1. The van der Waals surface area contributed by atoms with E-state index in [4.69, 9.17) is 14.5 Å². The summed E-state index contributed by atoms with van der Waals surface area (Å²) in [4.78, 5) is 39.1. The van der Waals surface area contributed by atoms with Gasteiger partial charge in [0.1, 0.15) is 11.4 Å². The van der Waals surface area contributed by atoms with Crippen LogP contribution in [0.2, 0.25) is 0 Å². The quantitative estimate of drug-likeness (QED) is 0.220. The third kappa shape index (κ3) is 7.11. The molecule has 0 saturated carbocycles. The topological polar surface area (TPSA) is 139 Å². The number of hydrogen-bond acceptors (Lipinski definition) is 8. The van der Waals surface area contributed by atoms with Crippen molar-refractivity contribution in [2.75, 3.05) is 23.7 Å². The van der Waals surface area contributed by atoms with E-state index in [1.54, 1.807) is 18.5 Å². The van der Waals surface area contributed by atoms with Gasteiger partial charge in [-0.3, -0.25) is 5.32 Å².